The summed E-state index contributed by atoms with van der Waals surface area (Å²) < 4.78 is 26.1. The number of rotatable bonds is 9. The predicted octanol–water partition coefficient (Wildman–Crippen LogP) is 7.85. The van der Waals surface area contributed by atoms with E-state index in [0.29, 0.717) is 70.5 Å². The lowest BCUT2D eigenvalue weighted by Gasteiger charge is -2.39. The van der Waals surface area contributed by atoms with E-state index in [9.17, 15) is 10.1 Å². The first-order valence-electron chi connectivity index (χ1n) is 18.1. The lowest BCUT2D eigenvalue weighted by Crippen LogP contribution is -2.41. The number of nitrogens with zero attached hydrogens (tertiary/aromatic N) is 5. The van der Waals surface area contributed by atoms with Crippen molar-refractivity contribution in [2.24, 2.45) is 11.8 Å². The normalized spacial score (nSPS) is 23.8. The molecule has 52 heavy (non-hydrogen) atoms. The molecule has 5 atom stereocenters. The van der Waals surface area contributed by atoms with Crippen molar-refractivity contribution in [3.63, 3.8) is 0 Å². The Morgan fingerprint density at radius 1 is 1.15 bits per heavy atom. The fraction of sp³-hybridized carbons (Fsp3) is 0.400. The molecule has 2 saturated carbocycles. The van der Waals surface area contributed by atoms with Crippen molar-refractivity contribution in [3.05, 3.63) is 87.0 Å². The summed E-state index contributed by atoms with van der Waals surface area (Å²) in [6, 6.07) is 15.5. The lowest BCUT2D eigenvalue weighted by molar-refractivity contribution is -0.134. The van der Waals surface area contributed by atoms with Gasteiger partial charge in [-0.25, -0.2) is 14.4 Å². The van der Waals surface area contributed by atoms with E-state index in [1.807, 2.05) is 30.0 Å². The van der Waals surface area contributed by atoms with Gasteiger partial charge in [0.15, 0.2) is 5.82 Å². The highest BCUT2D eigenvalue weighted by molar-refractivity contribution is 6.43. The molecular formula is C40H38Cl2FN7O2. The van der Waals surface area contributed by atoms with Crippen molar-refractivity contribution in [2.45, 2.75) is 76.3 Å². The Balaban J connectivity index is 1.23. The number of carbonyl (C=O) groups excluding carboxylic acids is 1. The SMILES string of the molecule is Cc1nc2c(F)c(-c3cccc(Cl)c3Cl)c(CCC#N)cc2c2c1cc([C@H]1C[C@H](OCc3cccnc3N)CN1C(=O)C1CC1)n2[C@H]1[C@H]2CN[C@@H]1C2. The molecule has 0 unspecified atom stereocenters. The van der Waals surface area contributed by atoms with E-state index in [4.69, 9.17) is 38.7 Å². The van der Waals surface area contributed by atoms with Gasteiger partial charge in [-0.05, 0) is 68.4 Å². The molecule has 9 nitrogen and oxygen atoms in total. The third-order valence-electron chi connectivity index (χ3n) is 11.6. The molecule has 0 spiro atoms. The summed E-state index contributed by atoms with van der Waals surface area (Å²) in [6.07, 6.45) is 5.47. The van der Waals surface area contributed by atoms with Gasteiger partial charge in [-0.1, -0.05) is 41.4 Å². The quantitative estimate of drug-likeness (QED) is 0.158. The van der Waals surface area contributed by atoms with Crippen LogP contribution in [0.3, 0.4) is 0 Å². The lowest BCUT2D eigenvalue weighted by atomic mass is 9.79. The second-order valence-electron chi connectivity index (χ2n) is 14.8. The summed E-state index contributed by atoms with van der Waals surface area (Å²) in [7, 11) is 0. The topological polar surface area (TPSA) is 122 Å². The minimum absolute atomic E-state index is 0.0346. The number of aryl methyl sites for hydroxylation is 2. The molecular weight excluding hydrogens is 700 g/mol. The number of nitrogens with one attached hydrogen (secondary N) is 1. The number of nitriles is 1. The Morgan fingerprint density at radius 2 is 2.00 bits per heavy atom. The molecule has 6 heterocycles. The van der Waals surface area contributed by atoms with Crippen LogP contribution in [-0.4, -0.2) is 50.6 Å². The van der Waals surface area contributed by atoms with E-state index >= 15 is 4.39 Å². The van der Waals surface area contributed by atoms with Gasteiger partial charge >= 0.3 is 0 Å². The highest BCUT2D eigenvalue weighted by atomic mass is 35.5. The van der Waals surface area contributed by atoms with Crippen LogP contribution in [0.4, 0.5) is 10.2 Å². The van der Waals surface area contributed by atoms with Gasteiger partial charge in [-0.3, -0.25) is 4.79 Å². The fourth-order valence-corrected chi connectivity index (χ4v) is 9.28. The fourth-order valence-electron chi connectivity index (χ4n) is 8.89. The van der Waals surface area contributed by atoms with Crippen LogP contribution >= 0.6 is 23.2 Å². The number of aromatic nitrogens is 3. The molecule has 5 aliphatic rings. The number of halogens is 3. The van der Waals surface area contributed by atoms with E-state index in [-0.39, 0.29) is 53.0 Å². The van der Waals surface area contributed by atoms with Gasteiger partial charge in [0.2, 0.25) is 5.91 Å². The van der Waals surface area contributed by atoms with Crippen LogP contribution in [0.1, 0.15) is 66.7 Å². The largest absolute Gasteiger partial charge is 0.383 e. The van der Waals surface area contributed by atoms with E-state index in [1.165, 1.54) is 0 Å². The number of anilines is 1. The number of ether oxygens (including phenoxy) is 1. The minimum Gasteiger partial charge on any atom is -0.383 e. The highest BCUT2D eigenvalue weighted by Crippen LogP contribution is 2.51. The number of hydrogen-bond donors (Lipinski definition) is 2. The van der Waals surface area contributed by atoms with Crippen LogP contribution in [-0.2, 0) is 22.6 Å². The number of pyridine rings is 2. The Bertz CT molecular complexity index is 2300. The number of hydrogen-bond acceptors (Lipinski definition) is 7. The summed E-state index contributed by atoms with van der Waals surface area (Å²) in [5.74, 6) is 0.555. The number of nitrogens with two attached hydrogens (primary N) is 1. The average Bonchev–Trinajstić information content (AvgIpc) is 3.43. The molecule has 3 aliphatic heterocycles. The zero-order valence-electron chi connectivity index (χ0n) is 28.7. The van der Waals surface area contributed by atoms with Crippen molar-refractivity contribution in [3.8, 4) is 17.2 Å². The predicted molar refractivity (Wildman–Crippen MR) is 199 cm³/mol. The molecule has 0 radical (unpaired) electrons. The molecule has 1 amide bonds. The number of nitrogen functional groups attached to an aromatic ring is 1. The van der Waals surface area contributed by atoms with Crippen LogP contribution in [0.15, 0.2) is 48.7 Å². The molecule has 5 fully saturated rings. The maximum Gasteiger partial charge on any atom is 0.226 e. The van der Waals surface area contributed by atoms with E-state index in [2.05, 4.69) is 27.0 Å². The smallest absolute Gasteiger partial charge is 0.226 e. The van der Waals surface area contributed by atoms with Gasteiger partial charge in [0.1, 0.15) is 11.3 Å². The summed E-state index contributed by atoms with van der Waals surface area (Å²) in [5, 5.41) is 15.5. The van der Waals surface area contributed by atoms with Gasteiger partial charge in [0, 0.05) is 82.9 Å². The molecule has 2 aliphatic carbocycles. The van der Waals surface area contributed by atoms with Gasteiger partial charge in [0.25, 0.3) is 0 Å². The first-order chi connectivity index (χ1) is 25.2. The monoisotopic (exact) mass is 737 g/mol. The van der Waals surface area contributed by atoms with Crippen molar-refractivity contribution < 1.29 is 13.9 Å². The Morgan fingerprint density at radius 3 is 2.73 bits per heavy atom. The van der Waals surface area contributed by atoms with E-state index in [0.717, 1.165) is 48.0 Å². The molecule has 2 aromatic carbocycles. The number of fused-ring (bicyclic) bond motifs is 4. The summed E-state index contributed by atoms with van der Waals surface area (Å²) in [4.78, 5) is 25.1. The third-order valence-corrected chi connectivity index (χ3v) is 12.5. The van der Waals surface area contributed by atoms with Crippen molar-refractivity contribution in [1.82, 2.24) is 24.8 Å². The van der Waals surface area contributed by atoms with Crippen LogP contribution in [0.25, 0.3) is 32.9 Å². The van der Waals surface area contributed by atoms with Crippen LogP contribution in [0, 0.1) is 35.9 Å². The van der Waals surface area contributed by atoms with Gasteiger partial charge in [-0.2, -0.15) is 5.26 Å². The van der Waals surface area contributed by atoms with Gasteiger partial charge < -0.3 is 25.3 Å². The summed E-state index contributed by atoms with van der Waals surface area (Å²) >= 11 is 13.1. The molecule has 266 valence electrons. The number of carbonyl (C=O) groups is 1. The highest BCUT2D eigenvalue weighted by Gasteiger charge is 2.51. The first kappa shape index (κ1) is 33.6. The minimum atomic E-state index is -0.488. The van der Waals surface area contributed by atoms with Crippen molar-refractivity contribution in [1.29, 1.82) is 5.26 Å². The molecule has 5 aromatic rings. The molecule has 3 N–H and O–H groups in total. The van der Waals surface area contributed by atoms with Crippen LogP contribution < -0.4 is 11.1 Å². The van der Waals surface area contributed by atoms with Gasteiger partial charge in [0.05, 0.1) is 46.4 Å². The zero-order valence-corrected chi connectivity index (χ0v) is 30.2. The zero-order chi connectivity index (χ0) is 35.8. The third kappa shape index (κ3) is 5.44. The first-order valence-corrected chi connectivity index (χ1v) is 18.8. The maximum atomic E-state index is 17.2. The van der Waals surface area contributed by atoms with Crippen LogP contribution in [0.5, 0.6) is 0 Å². The number of benzene rings is 2. The number of likely N-dealkylation sites (tertiary alicyclic amines) is 1. The van der Waals surface area contributed by atoms with Crippen molar-refractivity contribution in [2.75, 3.05) is 18.8 Å². The van der Waals surface area contributed by atoms with E-state index in [1.54, 1.807) is 24.4 Å². The van der Waals surface area contributed by atoms with Crippen LogP contribution in [0.2, 0.25) is 10.0 Å². The van der Waals surface area contributed by atoms with E-state index < -0.39 is 5.82 Å². The average molecular weight is 739 g/mol. The summed E-state index contributed by atoms with van der Waals surface area (Å²) in [6.45, 7) is 3.61. The standard InChI is InChI=1S/C40H38Cl2FN7O2/c1-20-27-16-32(31-15-25(18-49(31)40(51)21-9-10-21)52-19-23-6-4-12-46-39(23)45)50(37-24-14-30(37)47-17-24)38(27)28-13-22(5-3-11-44)33(35(43)36(28)48-20)26-7-2-8-29(41)34(26)42/h2,4,6-8,12-13,16,21,24-25,30-31,37,47H,3,5,9-10,14-15,17-19H2,1H3,(H2,45,46)/t24-,25+,30-,31-,37+/m1/s1. The Kier molecular flexibility index (Phi) is 8.38. The molecule has 3 saturated heterocycles. The maximum absolute atomic E-state index is 17.2. The molecule has 2 bridgehead atoms. The molecule has 10 rings (SSSR count). The van der Waals surface area contributed by atoms with Gasteiger partial charge in [-0.15, -0.1) is 0 Å². The molecule has 12 heteroatoms. The number of amides is 1. The molecule has 3 aromatic heterocycles. The second-order valence-corrected chi connectivity index (χ2v) is 15.6. The second kappa shape index (κ2) is 13.0. The van der Waals surface area contributed by atoms with Crippen molar-refractivity contribution >= 4 is 56.7 Å². The Hall–Kier alpha value is -4.27. The summed E-state index contributed by atoms with van der Waals surface area (Å²) in [5.41, 5.74) is 11.3. The Labute approximate surface area is 310 Å².